The van der Waals surface area contributed by atoms with E-state index in [1.165, 1.54) is 27.7 Å². The number of sulfonamides is 1. The largest absolute Gasteiger partial charge is 0.460 e. The van der Waals surface area contributed by atoms with Crippen molar-refractivity contribution in [1.82, 2.24) is 4.72 Å². The zero-order chi connectivity index (χ0) is 42.2. The van der Waals surface area contributed by atoms with Gasteiger partial charge in [-0.05, 0) is 29.6 Å². The lowest BCUT2D eigenvalue weighted by Gasteiger charge is -2.44. The molecular formula is C27H31F17N2O5SSi. The molecule has 1 aromatic carbocycles. The van der Waals surface area contributed by atoms with Crippen molar-refractivity contribution >= 4 is 24.0 Å². The third-order valence-corrected chi connectivity index (χ3v) is 15.5. The van der Waals surface area contributed by atoms with Gasteiger partial charge < -0.3 is 4.43 Å². The van der Waals surface area contributed by atoms with Crippen LogP contribution in [0.1, 0.15) is 40.5 Å². The Morgan fingerprint density at radius 1 is 0.774 bits per heavy atom. The molecule has 0 bridgehead atoms. The van der Waals surface area contributed by atoms with Crippen LogP contribution in [0.2, 0.25) is 17.1 Å². The summed E-state index contributed by atoms with van der Waals surface area (Å²) in [6, 6.07) is 0.928. The normalized spacial score (nSPS) is 15.6. The van der Waals surface area contributed by atoms with E-state index in [1.807, 2.05) is 4.72 Å². The van der Waals surface area contributed by atoms with Gasteiger partial charge in [0.05, 0.1) is 11.5 Å². The zero-order valence-electron chi connectivity index (χ0n) is 27.5. The SMILES string of the molecule is C=CC[C@H](CO[Si](CCC(F)(F)C(F)(F)C(F)(F)C(F)(F)C(F)(F)C(F)(F)C(F)(F)C(F)(F)F)(C(C)C)C(C)C)NS(=O)(=O)c1ccccc1[N+](=O)[O-]. The lowest BCUT2D eigenvalue weighted by atomic mass is 9.88. The molecule has 1 atom stereocenters. The van der Waals surface area contributed by atoms with Gasteiger partial charge in [0.1, 0.15) is 0 Å². The Morgan fingerprint density at radius 2 is 1.19 bits per heavy atom. The standard InChI is InChI=1S/C27H31F17N2O5SSi/c1-6-9-17(45-52(49,50)19-11-8-7-10-18(19)46(47)48)14-51-53(15(2)3,16(4)5)13-12-20(28,29)21(30,31)22(32,33)23(34,35)24(36,37)25(38,39)26(40,41)27(42,43)44/h6-8,10-11,15-17,45H,1,9,12-14H2,2-5H3/t17-/m1/s1. The molecule has 7 nitrogen and oxygen atoms in total. The average Bonchev–Trinajstić information content (AvgIpc) is 2.99. The molecule has 0 heterocycles. The van der Waals surface area contributed by atoms with Crippen molar-refractivity contribution in [3.8, 4) is 0 Å². The first-order valence-corrected chi connectivity index (χ1v) is 18.4. The summed E-state index contributed by atoms with van der Waals surface area (Å²) in [7, 11) is -9.04. The highest BCUT2D eigenvalue weighted by Crippen LogP contribution is 2.64. The van der Waals surface area contributed by atoms with Crippen molar-refractivity contribution in [2.24, 2.45) is 0 Å². The maximum atomic E-state index is 14.9. The highest BCUT2D eigenvalue weighted by Gasteiger charge is 2.95. The summed E-state index contributed by atoms with van der Waals surface area (Å²) in [5, 5.41) is 11.3. The van der Waals surface area contributed by atoms with Crippen LogP contribution in [0.4, 0.5) is 80.3 Å². The van der Waals surface area contributed by atoms with E-state index in [9.17, 15) is 93.2 Å². The Morgan fingerprint density at radius 3 is 1.58 bits per heavy atom. The number of rotatable bonds is 20. The highest BCUT2D eigenvalue weighted by atomic mass is 32.2. The van der Waals surface area contributed by atoms with E-state index in [2.05, 4.69) is 6.58 Å². The van der Waals surface area contributed by atoms with Crippen molar-refractivity contribution in [2.45, 2.75) is 116 Å². The summed E-state index contributed by atoms with van der Waals surface area (Å²) in [4.78, 5) is 9.42. The molecule has 0 saturated heterocycles. The smallest absolute Gasteiger partial charge is 0.415 e. The van der Waals surface area contributed by atoms with E-state index >= 15 is 0 Å². The first-order valence-electron chi connectivity index (χ1n) is 14.6. The topological polar surface area (TPSA) is 98.5 Å². The van der Waals surface area contributed by atoms with Crippen molar-refractivity contribution in [3.05, 3.63) is 47.0 Å². The number of benzene rings is 1. The Hall–Kier alpha value is -2.74. The number of nitro benzene ring substituents is 1. The molecule has 0 aliphatic carbocycles. The molecule has 0 spiro atoms. The second-order valence-electron chi connectivity index (χ2n) is 12.3. The fourth-order valence-corrected chi connectivity index (χ4v) is 11.0. The van der Waals surface area contributed by atoms with Crippen molar-refractivity contribution < 1.29 is 92.4 Å². The average molecular weight is 847 g/mol. The minimum Gasteiger partial charge on any atom is -0.415 e. The summed E-state index contributed by atoms with van der Waals surface area (Å²) in [6.45, 7) is 7.30. The van der Waals surface area contributed by atoms with E-state index in [4.69, 9.17) is 4.43 Å². The van der Waals surface area contributed by atoms with E-state index in [0.29, 0.717) is 0 Å². The summed E-state index contributed by atoms with van der Waals surface area (Å²) >= 11 is 0. The molecule has 0 radical (unpaired) electrons. The minimum atomic E-state index is -8.74. The van der Waals surface area contributed by atoms with Crippen molar-refractivity contribution in [2.75, 3.05) is 6.61 Å². The van der Waals surface area contributed by atoms with Gasteiger partial charge >= 0.3 is 47.6 Å². The fourth-order valence-electron chi connectivity index (χ4n) is 5.08. The number of alkyl halides is 17. The molecule has 0 saturated carbocycles. The van der Waals surface area contributed by atoms with Gasteiger partial charge in [0.2, 0.25) is 10.0 Å². The molecule has 0 aliphatic rings. The first-order chi connectivity index (χ1) is 23.4. The lowest BCUT2D eigenvalue weighted by molar-refractivity contribution is -0.461. The van der Waals surface area contributed by atoms with Gasteiger partial charge in [-0.1, -0.05) is 45.9 Å². The maximum Gasteiger partial charge on any atom is 0.460 e. The molecule has 53 heavy (non-hydrogen) atoms. The van der Waals surface area contributed by atoms with E-state index < -0.39 is 118 Å². The van der Waals surface area contributed by atoms with E-state index in [0.717, 1.165) is 30.3 Å². The van der Waals surface area contributed by atoms with Crippen LogP contribution in [0.25, 0.3) is 0 Å². The number of nitrogens with zero attached hydrogens (tertiary/aromatic N) is 1. The molecule has 0 aromatic heterocycles. The lowest BCUT2D eigenvalue weighted by Crippen LogP contribution is -2.74. The van der Waals surface area contributed by atoms with Crippen LogP contribution in [-0.2, 0) is 14.4 Å². The van der Waals surface area contributed by atoms with Crippen LogP contribution in [0.3, 0.4) is 0 Å². The summed E-state index contributed by atoms with van der Waals surface area (Å²) in [6.07, 6.45) is -9.85. The van der Waals surface area contributed by atoms with Gasteiger partial charge in [-0.25, -0.2) is 13.1 Å². The van der Waals surface area contributed by atoms with Crippen LogP contribution in [0.15, 0.2) is 41.8 Å². The number of nitrogens with one attached hydrogen (secondary N) is 1. The number of hydrogen-bond donors (Lipinski definition) is 1. The molecule has 0 unspecified atom stereocenters. The van der Waals surface area contributed by atoms with E-state index in [-0.39, 0.29) is 6.42 Å². The number of halogens is 17. The number of nitro groups is 1. The molecule has 1 N–H and O–H groups in total. The minimum absolute atomic E-state index is 0.373. The van der Waals surface area contributed by atoms with Crippen LogP contribution < -0.4 is 4.72 Å². The molecule has 26 heteroatoms. The van der Waals surface area contributed by atoms with Crippen LogP contribution in [-0.4, -0.2) is 81.9 Å². The van der Waals surface area contributed by atoms with Crippen LogP contribution in [0.5, 0.6) is 0 Å². The summed E-state index contributed by atoms with van der Waals surface area (Å²) < 4.78 is 268. The Labute approximate surface area is 291 Å². The monoisotopic (exact) mass is 846 g/mol. The maximum absolute atomic E-state index is 14.9. The first kappa shape index (κ1) is 48.3. The molecule has 308 valence electrons. The van der Waals surface area contributed by atoms with Crippen LogP contribution >= 0.6 is 0 Å². The molecular weight excluding hydrogens is 815 g/mol. The van der Waals surface area contributed by atoms with Crippen molar-refractivity contribution in [1.29, 1.82) is 0 Å². The van der Waals surface area contributed by atoms with Gasteiger partial charge in [0, 0.05) is 18.5 Å². The quantitative estimate of drug-likeness (QED) is 0.0464. The number of hydrogen-bond acceptors (Lipinski definition) is 5. The molecule has 1 aromatic rings. The molecule has 0 aliphatic heterocycles. The third kappa shape index (κ3) is 8.43. The molecule has 0 amide bonds. The fraction of sp³-hybridized carbons (Fsp3) is 0.704. The molecule has 0 fully saturated rings. The molecule has 1 rings (SSSR count). The predicted octanol–water partition coefficient (Wildman–Crippen LogP) is 10.00. The Bertz CT molecular complexity index is 1560. The zero-order valence-corrected chi connectivity index (χ0v) is 29.3. The van der Waals surface area contributed by atoms with Crippen molar-refractivity contribution in [3.63, 3.8) is 0 Å². The van der Waals surface area contributed by atoms with Gasteiger partial charge in [-0.15, -0.1) is 6.58 Å². The second kappa shape index (κ2) is 15.4. The van der Waals surface area contributed by atoms with Crippen LogP contribution in [0, 0.1) is 10.1 Å². The van der Waals surface area contributed by atoms with Gasteiger partial charge in [0.25, 0.3) is 5.69 Å². The summed E-state index contributed by atoms with van der Waals surface area (Å²) in [5.41, 5.74) is -2.98. The second-order valence-corrected chi connectivity index (χ2v) is 19.0. The van der Waals surface area contributed by atoms with Gasteiger partial charge in [-0.2, -0.15) is 74.6 Å². The van der Waals surface area contributed by atoms with E-state index in [1.54, 1.807) is 0 Å². The van der Waals surface area contributed by atoms with Gasteiger partial charge in [-0.3, -0.25) is 10.1 Å². The highest BCUT2D eigenvalue weighted by molar-refractivity contribution is 7.89. The Balaban J connectivity index is 3.57. The number of para-hydroxylation sites is 1. The summed E-state index contributed by atoms with van der Waals surface area (Å²) in [5.74, 6) is -57.2. The predicted molar refractivity (Wildman–Crippen MR) is 154 cm³/mol. The Kier molecular flexibility index (Phi) is 14.0. The third-order valence-electron chi connectivity index (χ3n) is 8.25. The van der Waals surface area contributed by atoms with Gasteiger partial charge in [0.15, 0.2) is 13.2 Å².